The van der Waals surface area contributed by atoms with Crippen LogP contribution in [0.4, 0.5) is 11.4 Å². The molecule has 2 aromatic heterocycles. The molecule has 3 N–H and O–H groups in total. The molecule has 2 heterocycles. The van der Waals surface area contributed by atoms with Gasteiger partial charge in [-0.15, -0.1) is 11.3 Å². The smallest absolute Gasteiger partial charge is 0.267 e. The Morgan fingerprint density at radius 3 is 2.36 bits per heavy atom. The molecule has 5 rings (SSSR count). The Labute approximate surface area is 201 Å². The van der Waals surface area contributed by atoms with E-state index in [0.717, 1.165) is 35.2 Å². The molecule has 33 heavy (non-hydrogen) atoms. The third-order valence-corrected chi connectivity index (χ3v) is 7.23. The predicted octanol–water partition coefficient (Wildman–Crippen LogP) is 7.24. The van der Waals surface area contributed by atoms with E-state index in [1.807, 2.05) is 0 Å². The van der Waals surface area contributed by atoms with Gasteiger partial charge >= 0.3 is 0 Å². The maximum absolute atomic E-state index is 13.0. The zero-order chi connectivity index (χ0) is 22.8. The first kappa shape index (κ1) is 21.7. The number of halogens is 1. The van der Waals surface area contributed by atoms with E-state index in [0.29, 0.717) is 32.8 Å². The highest BCUT2D eigenvalue weighted by Gasteiger charge is 2.20. The Bertz CT molecular complexity index is 1300. The number of hydrogen-bond donors (Lipinski definition) is 2. The summed E-state index contributed by atoms with van der Waals surface area (Å²) in [5.74, 6) is 1.13. The van der Waals surface area contributed by atoms with Crippen molar-refractivity contribution in [1.82, 2.24) is 4.98 Å². The number of pyridine rings is 1. The second-order valence-corrected chi connectivity index (χ2v) is 9.68. The normalized spacial score (nSPS) is 13.7. The molecule has 1 aliphatic carbocycles. The number of anilines is 2. The number of rotatable bonds is 4. The van der Waals surface area contributed by atoms with Gasteiger partial charge < -0.3 is 15.8 Å². The summed E-state index contributed by atoms with van der Waals surface area (Å²) in [5, 5.41) is 4.48. The fourth-order valence-electron chi connectivity index (χ4n) is 4.11. The number of amides is 1. The van der Waals surface area contributed by atoms with Crippen molar-refractivity contribution >= 4 is 50.4 Å². The molecule has 0 fully saturated rings. The van der Waals surface area contributed by atoms with E-state index in [1.54, 1.807) is 48.5 Å². The zero-order valence-electron chi connectivity index (χ0n) is 18.1. The van der Waals surface area contributed by atoms with Gasteiger partial charge in [0.05, 0.1) is 5.69 Å². The lowest BCUT2D eigenvalue weighted by atomic mass is 9.96. The summed E-state index contributed by atoms with van der Waals surface area (Å²) in [5.41, 5.74) is 10.0. The molecule has 0 bridgehead atoms. The van der Waals surface area contributed by atoms with E-state index in [9.17, 15) is 4.79 Å². The lowest BCUT2D eigenvalue weighted by molar-refractivity contribution is 0.103. The number of aromatic nitrogens is 1. The van der Waals surface area contributed by atoms with Crippen LogP contribution in [0.25, 0.3) is 10.2 Å². The number of nitrogens with one attached hydrogen (secondary N) is 1. The van der Waals surface area contributed by atoms with Gasteiger partial charge in [-0.05, 0) is 85.8 Å². The minimum Gasteiger partial charge on any atom is -0.457 e. The van der Waals surface area contributed by atoms with Crippen molar-refractivity contribution in [3.63, 3.8) is 0 Å². The topological polar surface area (TPSA) is 77.2 Å². The van der Waals surface area contributed by atoms with Crippen LogP contribution in [0, 0.1) is 0 Å². The molecular weight excluding hydrogens is 454 g/mol. The summed E-state index contributed by atoms with van der Waals surface area (Å²) < 4.78 is 5.81. The van der Waals surface area contributed by atoms with Crippen molar-refractivity contribution in [1.29, 1.82) is 0 Å². The second-order valence-electron chi connectivity index (χ2n) is 8.24. The molecule has 0 radical (unpaired) electrons. The minimum atomic E-state index is -0.228. The molecule has 0 atom stereocenters. The molecule has 5 nitrogen and oxygen atoms in total. The summed E-state index contributed by atoms with van der Waals surface area (Å²) in [6, 6.07) is 16.5. The highest BCUT2D eigenvalue weighted by atomic mass is 35.5. The van der Waals surface area contributed by atoms with Crippen molar-refractivity contribution in [3.8, 4) is 11.5 Å². The van der Waals surface area contributed by atoms with Crippen LogP contribution < -0.4 is 15.8 Å². The average molecular weight is 478 g/mol. The summed E-state index contributed by atoms with van der Waals surface area (Å²) in [6.07, 6.45) is 6.87. The minimum absolute atomic E-state index is 0.228. The molecule has 0 spiro atoms. The number of carbonyl (C=O) groups is 1. The van der Waals surface area contributed by atoms with Crippen molar-refractivity contribution in [2.75, 3.05) is 11.1 Å². The number of nitrogens with two attached hydrogens (primary N) is 1. The van der Waals surface area contributed by atoms with Crippen LogP contribution >= 0.6 is 22.9 Å². The van der Waals surface area contributed by atoms with E-state index in [-0.39, 0.29) is 5.91 Å². The number of nitrogens with zero attached hydrogens (tertiary/aromatic N) is 1. The highest BCUT2D eigenvalue weighted by Crippen LogP contribution is 2.35. The van der Waals surface area contributed by atoms with Gasteiger partial charge in [0.25, 0.3) is 5.91 Å². The number of hydrogen-bond acceptors (Lipinski definition) is 5. The molecule has 0 saturated carbocycles. The quantitative estimate of drug-likeness (QED) is 0.325. The summed E-state index contributed by atoms with van der Waals surface area (Å²) in [6.45, 7) is 0. The number of thiophene rings is 1. The molecule has 0 saturated heterocycles. The van der Waals surface area contributed by atoms with Gasteiger partial charge in [0.15, 0.2) is 0 Å². The van der Waals surface area contributed by atoms with E-state index in [4.69, 9.17) is 27.1 Å². The van der Waals surface area contributed by atoms with Crippen molar-refractivity contribution < 1.29 is 9.53 Å². The van der Waals surface area contributed by atoms with Gasteiger partial charge in [-0.25, -0.2) is 4.98 Å². The van der Waals surface area contributed by atoms with Gasteiger partial charge in [-0.3, -0.25) is 4.79 Å². The lowest BCUT2D eigenvalue weighted by Crippen LogP contribution is -2.11. The first-order chi connectivity index (χ1) is 16.1. The molecule has 168 valence electrons. The van der Waals surface area contributed by atoms with E-state index in [2.05, 4.69) is 11.4 Å². The summed E-state index contributed by atoms with van der Waals surface area (Å²) in [7, 11) is 0. The standard InChI is InChI=1S/C26H24ClN3O2S/c27-17-7-11-19(12-8-17)32-20-13-9-18(10-14-20)29-25(31)24-23(28)21-15-16-5-3-1-2-4-6-22(16)30-26(21)33-24/h7-15H,1-6,28H2,(H,29,31). The molecule has 1 aliphatic rings. The first-order valence-corrected chi connectivity index (χ1v) is 12.3. The predicted molar refractivity (Wildman–Crippen MR) is 136 cm³/mol. The summed E-state index contributed by atoms with van der Waals surface area (Å²) >= 11 is 7.27. The number of carbonyl (C=O) groups excluding carboxylic acids is 1. The van der Waals surface area contributed by atoms with Gasteiger partial charge in [-0.2, -0.15) is 0 Å². The zero-order valence-corrected chi connectivity index (χ0v) is 19.6. The molecule has 4 aromatic rings. The monoisotopic (exact) mass is 477 g/mol. The summed E-state index contributed by atoms with van der Waals surface area (Å²) in [4.78, 5) is 19.2. The van der Waals surface area contributed by atoms with Crippen LogP contribution in [0.15, 0.2) is 54.6 Å². The number of aryl methyl sites for hydroxylation is 2. The third-order valence-electron chi connectivity index (χ3n) is 5.87. The van der Waals surface area contributed by atoms with E-state index < -0.39 is 0 Å². The Balaban J connectivity index is 1.33. The fraction of sp³-hybridized carbons (Fsp3) is 0.231. The SMILES string of the molecule is Nc1c(C(=O)Nc2ccc(Oc3ccc(Cl)cc3)cc2)sc2nc3c(cc12)CCCCCC3. The first-order valence-electron chi connectivity index (χ1n) is 11.1. The molecule has 0 unspecified atom stereocenters. The maximum atomic E-state index is 13.0. The molecule has 2 aromatic carbocycles. The number of ether oxygens (including phenoxy) is 1. The Morgan fingerprint density at radius 2 is 1.64 bits per heavy atom. The largest absolute Gasteiger partial charge is 0.457 e. The fourth-order valence-corrected chi connectivity index (χ4v) is 5.23. The van der Waals surface area contributed by atoms with Crippen molar-refractivity contribution in [2.24, 2.45) is 0 Å². The van der Waals surface area contributed by atoms with E-state index in [1.165, 1.54) is 36.2 Å². The Kier molecular flexibility index (Phi) is 6.20. The molecule has 7 heteroatoms. The third kappa shape index (κ3) is 4.82. The molecule has 1 amide bonds. The van der Waals surface area contributed by atoms with Gasteiger partial charge in [0, 0.05) is 21.8 Å². The number of benzene rings is 2. The van der Waals surface area contributed by atoms with Gasteiger partial charge in [-0.1, -0.05) is 24.4 Å². The van der Waals surface area contributed by atoms with Crippen LogP contribution in [0.5, 0.6) is 11.5 Å². The van der Waals surface area contributed by atoms with Crippen molar-refractivity contribution in [2.45, 2.75) is 38.5 Å². The van der Waals surface area contributed by atoms with Crippen LogP contribution in [0.1, 0.15) is 46.6 Å². The molecular formula is C26H24ClN3O2S. The number of fused-ring (bicyclic) bond motifs is 2. The Hall–Kier alpha value is -3.09. The number of nitrogen functional groups attached to an aromatic ring is 1. The lowest BCUT2D eigenvalue weighted by Gasteiger charge is -2.12. The van der Waals surface area contributed by atoms with Gasteiger partial charge in [0.1, 0.15) is 21.2 Å². The van der Waals surface area contributed by atoms with Gasteiger partial charge in [0.2, 0.25) is 0 Å². The second kappa shape index (κ2) is 9.41. The molecule has 0 aliphatic heterocycles. The maximum Gasteiger partial charge on any atom is 0.267 e. The highest BCUT2D eigenvalue weighted by molar-refractivity contribution is 7.21. The van der Waals surface area contributed by atoms with Crippen LogP contribution in [0.2, 0.25) is 5.02 Å². The van der Waals surface area contributed by atoms with Crippen molar-refractivity contribution in [3.05, 3.63) is 75.8 Å². The van der Waals surface area contributed by atoms with E-state index >= 15 is 0 Å². The van der Waals surface area contributed by atoms with Crippen LogP contribution in [-0.4, -0.2) is 10.9 Å². The van der Waals surface area contributed by atoms with Crippen LogP contribution in [-0.2, 0) is 12.8 Å². The Morgan fingerprint density at radius 1 is 0.970 bits per heavy atom. The average Bonchev–Trinajstić information content (AvgIpc) is 3.12. The van der Waals surface area contributed by atoms with Crippen LogP contribution in [0.3, 0.4) is 0 Å².